The number of allylic oxidation sites excluding steroid dienone is 2. The lowest BCUT2D eigenvalue weighted by molar-refractivity contribution is -0.143. The molecule has 1 saturated heterocycles. The first-order chi connectivity index (χ1) is 16.8. The predicted octanol–water partition coefficient (Wildman–Crippen LogP) is 4.27. The van der Waals surface area contributed by atoms with E-state index in [0.29, 0.717) is 5.13 Å². The van der Waals surface area contributed by atoms with Crippen molar-refractivity contribution in [2.45, 2.75) is 27.2 Å². The Balaban J connectivity index is 1.16. The first kappa shape index (κ1) is 22.0. The second-order valence-corrected chi connectivity index (χ2v) is 10.7. The fraction of sp³-hybridized carbons (Fsp3) is 0.333. The van der Waals surface area contributed by atoms with Crippen molar-refractivity contribution in [1.29, 1.82) is 0 Å². The van der Waals surface area contributed by atoms with E-state index in [4.69, 9.17) is 0 Å². The summed E-state index contributed by atoms with van der Waals surface area (Å²) < 4.78 is 2.19. The van der Waals surface area contributed by atoms with E-state index < -0.39 is 5.91 Å². The summed E-state index contributed by atoms with van der Waals surface area (Å²) >= 11 is 1.33. The lowest BCUT2D eigenvalue weighted by Gasteiger charge is -2.16. The zero-order valence-electron chi connectivity index (χ0n) is 19.8. The predicted molar refractivity (Wildman–Crippen MR) is 134 cm³/mol. The highest BCUT2D eigenvalue weighted by atomic mass is 32.1. The van der Waals surface area contributed by atoms with Crippen molar-refractivity contribution < 1.29 is 14.4 Å². The molecule has 1 aromatic carbocycles. The number of rotatable bonds is 5. The van der Waals surface area contributed by atoms with Crippen LogP contribution >= 0.6 is 11.3 Å². The summed E-state index contributed by atoms with van der Waals surface area (Å²) in [5.74, 6) is -1.14. The number of fused-ring (bicyclic) bond motifs is 5. The van der Waals surface area contributed by atoms with Crippen LogP contribution in [-0.4, -0.2) is 38.7 Å². The second kappa shape index (κ2) is 8.02. The number of thiazole rings is 1. The summed E-state index contributed by atoms with van der Waals surface area (Å²) in [4.78, 5) is 44.2. The lowest BCUT2D eigenvalue weighted by Crippen LogP contribution is -2.39. The molecule has 3 aromatic rings. The highest BCUT2D eigenvalue weighted by Crippen LogP contribution is 2.52. The molecule has 7 nitrogen and oxygen atoms in total. The molecular weight excluding hydrogens is 460 g/mol. The molecule has 35 heavy (non-hydrogen) atoms. The van der Waals surface area contributed by atoms with Crippen molar-refractivity contribution in [3.63, 3.8) is 0 Å². The number of hydrogen-bond donors (Lipinski definition) is 1. The molecule has 6 rings (SSSR count). The van der Waals surface area contributed by atoms with E-state index in [2.05, 4.69) is 66.0 Å². The van der Waals surface area contributed by atoms with Crippen LogP contribution < -0.4 is 5.32 Å². The summed E-state index contributed by atoms with van der Waals surface area (Å²) in [6, 6.07) is 10.5. The number of anilines is 1. The second-order valence-electron chi connectivity index (χ2n) is 9.80. The summed E-state index contributed by atoms with van der Waals surface area (Å²) in [5, 5.41) is 5.15. The Kier molecular flexibility index (Phi) is 5.03. The van der Waals surface area contributed by atoms with Gasteiger partial charge in [0.25, 0.3) is 0 Å². The minimum absolute atomic E-state index is 0.134. The number of carbonyl (C=O) groups excluding carboxylic acids is 3. The van der Waals surface area contributed by atoms with Crippen molar-refractivity contribution >= 4 is 34.2 Å². The van der Waals surface area contributed by atoms with Gasteiger partial charge >= 0.3 is 0 Å². The minimum Gasteiger partial charge on any atom is -0.318 e. The maximum Gasteiger partial charge on any atom is 0.246 e. The largest absolute Gasteiger partial charge is 0.318 e. The Morgan fingerprint density at radius 2 is 1.71 bits per heavy atom. The molecule has 4 atom stereocenters. The fourth-order valence-electron chi connectivity index (χ4n) is 5.99. The van der Waals surface area contributed by atoms with Gasteiger partial charge in [0.15, 0.2) is 5.13 Å². The SMILES string of the molecule is Cc1ccc(-n2c(C)cc(-c3csc(NC(=O)CN4C(=O)[C@@H]5[C@H](C4=O)[C@H]4C=C[C@H]5C4)n3)c2C)cc1. The molecular formula is C27H26N4O3S. The molecule has 1 saturated carbocycles. The third-order valence-corrected chi connectivity index (χ3v) is 8.37. The Labute approximate surface area is 207 Å². The van der Waals surface area contributed by atoms with Gasteiger partial charge in [-0.25, -0.2) is 4.98 Å². The van der Waals surface area contributed by atoms with Gasteiger partial charge in [-0.15, -0.1) is 11.3 Å². The Bertz CT molecular complexity index is 1370. The fourth-order valence-corrected chi connectivity index (χ4v) is 6.72. The number of nitrogens with zero attached hydrogens (tertiary/aromatic N) is 3. The number of likely N-dealkylation sites (tertiary alicyclic amines) is 1. The molecule has 0 radical (unpaired) electrons. The number of benzene rings is 1. The highest BCUT2D eigenvalue weighted by Gasteiger charge is 2.59. The van der Waals surface area contributed by atoms with Crippen LogP contribution in [0.1, 0.15) is 23.4 Å². The van der Waals surface area contributed by atoms with Crippen molar-refractivity contribution in [3.8, 4) is 16.9 Å². The van der Waals surface area contributed by atoms with Gasteiger partial charge in [-0.2, -0.15) is 0 Å². The molecule has 0 unspecified atom stereocenters. The van der Waals surface area contributed by atoms with Crippen LogP contribution in [0.25, 0.3) is 16.9 Å². The van der Waals surface area contributed by atoms with E-state index in [0.717, 1.165) is 39.7 Å². The van der Waals surface area contributed by atoms with Crippen LogP contribution in [-0.2, 0) is 14.4 Å². The first-order valence-electron chi connectivity index (χ1n) is 11.9. The Morgan fingerprint density at radius 3 is 2.37 bits per heavy atom. The summed E-state index contributed by atoms with van der Waals surface area (Å²) in [7, 11) is 0. The number of aromatic nitrogens is 2. The molecule has 1 N–H and O–H groups in total. The van der Waals surface area contributed by atoms with Crippen LogP contribution in [0.5, 0.6) is 0 Å². The van der Waals surface area contributed by atoms with Crippen molar-refractivity contribution in [1.82, 2.24) is 14.5 Å². The molecule has 2 aliphatic carbocycles. The van der Waals surface area contributed by atoms with Crippen molar-refractivity contribution in [2.24, 2.45) is 23.7 Å². The molecule has 3 heterocycles. The van der Waals surface area contributed by atoms with Gasteiger partial charge < -0.3 is 9.88 Å². The molecule has 3 amide bonds. The van der Waals surface area contributed by atoms with E-state index in [1.54, 1.807) is 0 Å². The molecule has 0 spiro atoms. The third-order valence-electron chi connectivity index (χ3n) is 7.61. The van der Waals surface area contributed by atoms with Crippen molar-refractivity contribution in [2.75, 3.05) is 11.9 Å². The topological polar surface area (TPSA) is 84.3 Å². The zero-order valence-corrected chi connectivity index (χ0v) is 20.6. The summed E-state index contributed by atoms with van der Waals surface area (Å²) in [6.07, 6.45) is 4.97. The molecule has 178 valence electrons. The molecule has 2 fully saturated rings. The monoisotopic (exact) mass is 486 g/mol. The van der Waals surface area contributed by atoms with Crippen molar-refractivity contribution in [3.05, 3.63) is 64.8 Å². The van der Waals surface area contributed by atoms with Gasteiger partial charge in [-0.3, -0.25) is 19.3 Å². The number of nitrogens with one attached hydrogen (secondary N) is 1. The van der Waals surface area contributed by atoms with E-state index in [-0.39, 0.29) is 42.0 Å². The molecule has 8 heteroatoms. The van der Waals surface area contributed by atoms with Crippen LogP contribution in [0, 0.1) is 44.4 Å². The number of imide groups is 1. The van der Waals surface area contributed by atoms with Crippen LogP contribution in [0.2, 0.25) is 0 Å². The van der Waals surface area contributed by atoms with Gasteiger partial charge in [0.1, 0.15) is 6.54 Å². The summed E-state index contributed by atoms with van der Waals surface area (Å²) in [5.41, 5.74) is 6.25. The van der Waals surface area contributed by atoms with Gasteiger partial charge in [0.05, 0.1) is 17.5 Å². The lowest BCUT2D eigenvalue weighted by atomic mass is 9.85. The van der Waals surface area contributed by atoms with Gasteiger partial charge in [0, 0.05) is 28.0 Å². The third kappa shape index (κ3) is 3.46. The number of aryl methyl sites for hydroxylation is 2. The summed E-state index contributed by atoms with van der Waals surface area (Å²) in [6.45, 7) is 5.93. The smallest absolute Gasteiger partial charge is 0.246 e. The van der Waals surface area contributed by atoms with Crippen LogP contribution in [0.4, 0.5) is 5.13 Å². The van der Waals surface area contributed by atoms with Gasteiger partial charge in [0.2, 0.25) is 17.7 Å². The standard InChI is InChI=1S/C27H26N4O3S/c1-14-4-8-19(9-5-14)31-15(2)10-20(16(31)3)21-13-35-27(28-21)29-22(32)12-30-25(33)23-17-6-7-18(11-17)24(23)26(30)34/h4-10,13,17-18,23-24H,11-12H2,1-3H3,(H,28,29,32)/t17-,18-,23-,24+/m0/s1. The Hall–Kier alpha value is -3.52. The average Bonchev–Trinajstić information content (AvgIpc) is 3.64. The zero-order chi connectivity index (χ0) is 24.4. The first-order valence-corrected chi connectivity index (χ1v) is 12.7. The number of carbonyl (C=O) groups is 3. The number of hydrogen-bond acceptors (Lipinski definition) is 5. The van der Waals surface area contributed by atoms with Crippen LogP contribution in [0.3, 0.4) is 0 Å². The minimum atomic E-state index is -0.405. The van der Waals surface area contributed by atoms with E-state index in [9.17, 15) is 14.4 Å². The molecule has 3 aliphatic rings. The molecule has 2 bridgehead atoms. The molecule has 1 aliphatic heterocycles. The normalized spacial score (nSPS) is 24.5. The van der Waals surface area contributed by atoms with E-state index in [1.165, 1.54) is 16.9 Å². The quantitative estimate of drug-likeness (QED) is 0.431. The maximum atomic E-state index is 12.8. The van der Waals surface area contributed by atoms with E-state index in [1.807, 2.05) is 17.5 Å². The highest BCUT2D eigenvalue weighted by molar-refractivity contribution is 7.14. The van der Waals surface area contributed by atoms with Gasteiger partial charge in [-0.1, -0.05) is 29.8 Å². The molecule has 2 aromatic heterocycles. The Morgan fingerprint density at radius 1 is 1.06 bits per heavy atom. The average molecular weight is 487 g/mol. The maximum absolute atomic E-state index is 12.8. The van der Waals surface area contributed by atoms with Crippen LogP contribution in [0.15, 0.2) is 47.9 Å². The number of amides is 3. The van der Waals surface area contributed by atoms with Gasteiger partial charge in [-0.05, 0) is 57.2 Å². The van der Waals surface area contributed by atoms with E-state index >= 15 is 0 Å².